The molecule has 0 saturated carbocycles. The number of rotatable bonds is 11. The summed E-state index contributed by atoms with van der Waals surface area (Å²) in [7, 11) is 0. The van der Waals surface area contributed by atoms with Gasteiger partial charge in [0, 0.05) is 65.2 Å². The second kappa shape index (κ2) is 15.3. The van der Waals surface area contributed by atoms with Crippen LogP contribution in [0.3, 0.4) is 0 Å². The van der Waals surface area contributed by atoms with E-state index in [9.17, 15) is 9.59 Å². The Morgan fingerprint density at radius 1 is 0.865 bits per heavy atom. The molecule has 4 rings (SSSR count). The fourth-order valence-electron chi connectivity index (χ4n) is 4.91. The third-order valence-corrected chi connectivity index (χ3v) is 6.83. The molecule has 1 radical (unpaired) electrons. The number of likely N-dealkylation sites (tertiary alicyclic amines) is 1. The maximum absolute atomic E-state index is 12.7. The Bertz CT molecular complexity index is 1140. The van der Waals surface area contributed by atoms with Crippen LogP contribution in [-0.2, 0) is 66.3 Å². The van der Waals surface area contributed by atoms with Crippen molar-refractivity contribution < 1.29 is 47.0 Å². The van der Waals surface area contributed by atoms with Crippen LogP contribution in [0.4, 0.5) is 0 Å². The van der Waals surface area contributed by atoms with E-state index < -0.39 is 0 Å². The van der Waals surface area contributed by atoms with Crippen LogP contribution >= 0.6 is 0 Å². The fourth-order valence-corrected chi connectivity index (χ4v) is 4.91. The van der Waals surface area contributed by atoms with Crippen LogP contribution in [0.5, 0.6) is 0 Å². The van der Waals surface area contributed by atoms with Gasteiger partial charge in [-0.3, -0.25) is 9.59 Å². The van der Waals surface area contributed by atoms with Crippen molar-refractivity contribution >= 4 is 11.8 Å². The van der Waals surface area contributed by atoms with Crippen LogP contribution in [0.15, 0.2) is 78.9 Å². The molecule has 1 aliphatic heterocycles. The van der Waals surface area contributed by atoms with Crippen LogP contribution in [0, 0.1) is 6.92 Å². The molecule has 0 N–H and O–H groups in total. The minimum atomic E-state index is -0.173. The van der Waals surface area contributed by atoms with E-state index >= 15 is 0 Å². The van der Waals surface area contributed by atoms with Gasteiger partial charge in [0.2, 0.25) is 0 Å². The summed E-state index contributed by atoms with van der Waals surface area (Å²) in [6.07, 6.45) is 4.70. The van der Waals surface area contributed by atoms with Gasteiger partial charge in [-0.15, -0.1) is 0 Å². The Labute approximate surface area is 246 Å². The Balaban J connectivity index is 0.00000380. The van der Waals surface area contributed by atoms with Crippen LogP contribution < -0.4 is 0 Å². The van der Waals surface area contributed by atoms with Gasteiger partial charge in [-0.1, -0.05) is 90.8 Å². The van der Waals surface area contributed by atoms with Crippen molar-refractivity contribution in [3.63, 3.8) is 0 Å². The molecule has 1 fully saturated rings. The minimum absolute atomic E-state index is 0. The number of esters is 1. The molecule has 37 heavy (non-hydrogen) atoms. The van der Waals surface area contributed by atoms with E-state index in [0.717, 1.165) is 67.6 Å². The molecule has 3 aromatic rings. The van der Waals surface area contributed by atoms with Crippen molar-refractivity contribution in [3.8, 4) is 11.1 Å². The van der Waals surface area contributed by atoms with Gasteiger partial charge in [-0.25, -0.2) is 0 Å². The van der Waals surface area contributed by atoms with Crippen molar-refractivity contribution in [1.29, 1.82) is 0 Å². The maximum Gasteiger partial charge on any atom is 0.310 e. The summed E-state index contributed by atoms with van der Waals surface area (Å²) in [5.41, 5.74) is 5.50. The van der Waals surface area contributed by atoms with Gasteiger partial charge >= 0.3 is 5.97 Å². The van der Waals surface area contributed by atoms with Crippen molar-refractivity contribution in [3.05, 3.63) is 102 Å². The molecule has 191 valence electrons. The number of hydrogen-bond acceptors (Lipinski definition) is 4. The molecule has 0 atom stereocenters. The number of aryl methyl sites for hydroxylation is 1. The number of ketones is 1. The number of hydrogen-bond donors (Lipinski definition) is 0. The molecule has 5 heteroatoms. The summed E-state index contributed by atoms with van der Waals surface area (Å²) in [6, 6.07) is 26.4. The smallest absolute Gasteiger partial charge is 0.310 e. The third kappa shape index (κ3) is 9.28. The summed E-state index contributed by atoms with van der Waals surface area (Å²) in [6.45, 7) is 6.38. The maximum atomic E-state index is 12.7. The predicted molar refractivity (Wildman–Crippen MR) is 145 cm³/mol. The molecule has 1 heterocycles. The Kier molecular flexibility index (Phi) is 12.2. The van der Waals surface area contributed by atoms with Gasteiger partial charge in [0.15, 0.2) is 0 Å². The predicted octanol–water partition coefficient (Wildman–Crippen LogP) is 5.87. The van der Waals surface area contributed by atoms with Crippen molar-refractivity contribution in [1.82, 2.24) is 4.90 Å². The number of ether oxygens (including phenoxy) is 1. The van der Waals surface area contributed by atoms with Crippen molar-refractivity contribution in [2.45, 2.75) is 51.0 Å². The number of carbonyl (C=O) groups is 2. The zero-order valence-corrected chi connectivity index (χ0v) is 24.4. The average molecular weight is 572 g/mol. The SMILES string of the molecule is [CH2-]CCc1cccc(CC(=O)CCN2CCC(OC(=O)Cc3ccccc3-c3ccccc3)CC2)c1.[Y]. The standard InChI is InChI=1S/C32H36NO3.Y/c1-2-9-25-10-8-11-26(22-25)23-29(34)16-19-33-20-17-30(18-21-33)36-32(35)24-28-14-6-7-15-31(28)27-12-4-3-5-13-27;/h3-8,10-15,22,30H,1-2,9,16-21,23-24H2;/q-1;. The van der Waals surface area contributed by atoms with Crippen LogP contribution in [0.1, 0.15) is 42.4 Å². The summed E-state index contributed by atoms with van der Waals surface area (Å²) < 4.78 is 5.83. The van der Waals surface area contributed by atoms with Gasteiger partial charge in [0.05, 0.1) is 6.42 Å². The second-order valence-corrected chi connectivity index (χ2v) is 9.62. The van der Waals surface area contributed by atoms with Gasteiger partial charge in [0.1, 0.15) is 11.9 Å². The number of Topliss-reactive ketones (excluding diaryl/α,β-unsaturated/α-hetero) is 1. The molecule has 1 saturated heterocycles. The monoisotopic (exact) mass is 571 g/mol. The summed E-state index contributed by atoms with van der Waals surface area (Å²) in [4.78, 5) is 27.6. The quantitative estimate of drug-likeness (QED) is 0.213. The summed E-state index contributed by atoms with van der Waals surface area (Å²) in [5, 5.41) is 0. The summed E-state index contributed by atoms with van der Waals surface area (Å²) in [5.74, 6) is 0.0977. The van der Waals surface area contributed by atoms with E-state index in [1.165, 1.54) is 5.56 Å². The Hall–Kier alpha value is -2.14. The van der Waals surface area contributed by atoms with Crippen LogP contribution in [0.2, 0.25) is 0 Å². The molecule has 4 nitrogen and oxygen atoms in total. The minimum Gasteiger partial charge on any atom is -0.462 e. The molecule has 0 aromatic heterocycles. The molecular formula is C32H36NO3Y-. The largest absolute Gasteiger partial charge is 0.462 e. The summed E-state index contributed by atoms with van der Waals surface area (Å²) >= 11 is 0. The van der Waals surface area contributed by atoms with E-state index in [0.29, 0.717) is 12.8 Å². The van der Waals surface area contributed by atoms with E-state index in [1.54, 1.807) is 0 Å². The molecule has 0 amide bonds. The van der Waals surface area contributed by atoms with Gasteiger partial charge in [0.25, 0.3) is 0 Å². The first kappa shape index (κ1) is 29.4. The first-order valence-electron chi connectivity index (χ1n) is 13.0. The molecular weight excluding hydrogens is 535 g/mol. The van der Waals surface area contributed by atoms with Gasteiger partial charge in [-0.2, -0.15) is 6.42 Å². The third-order valence-electron chi connectivity index (χ3n) is 6.83. The van der Waals surface area contributed by atoms with Crippen LogP contribution in [-0.4, -0.2) is 42.4 Å². The molecule has 0 spiro atoms. The van der Waals surface area contributed by atoms with E-state index in [-0.39, 0.29) is 57.0 Å². The van der Waals surface area contributed by atoms with Crippen LogP contribution in [0.25, 0.3) is 11.1 Å². The molecule has 1 aliphatic rings. The zero-order valence-electron chi connectivity index (χ0n) is 21.6. The van der Waals surface area contributed by atoms with E-state index in [4.69, 9.17) is 4.74 Å². The second-order valence-electron chi connectivity index (χ2n) is 9.62. The zero-order chi connectivity index (χ0) is 25.2. The fraction of sp³-hybridized carbons (Fsp3) is 0.344. The Morgan fingerprint density at radius 2 is 1.57 bits per heavy atom. The molecule has 0 bridgehead atoms. The van der Waals surface area contributed by atoms with E-state index in [2.05, 4.69) is 42.2 Å². The van der Waals surface area contributed by atoms with Gasteiger partial charge < -0.3 is 16.6 Å². The number of piperidine rings is 1. The Morgan fingerprint density at radius 3 is 2.32 bits per heavy atom. The normalized spacial score (nSPS) is 14.1. The molecule has 0 unspecified atom stereocenters. The first-order chi connectivity index (χ1) is 17.6. The number of nitrogens with zero attached hydrogens (tertiary/aromatic N) is 1. The van der Waals surface area contributed by atoms with Gasteiger partial charge in [-0.05, 0) is 35.1 Å². The topological polar surface area (TPSA) is 46.6 Å². The van der Waals surface area contributed by atoms with E-state index in [1.807, 2.05) is 48.5 Å². The first-order valence-corrected chi connectivity index (χ1v) is 13.0. The van der Waals surface area contributed by atoms with Crippen molar-refractivity contribution in [2.75, 3.05) is 19.6 Å². The van der Waals surface area contributed by atoms with Crippen molar-refractivity contribution in [2.24, 2.45) is 0 Å². The number of carbonyl (C=O) groups excluding carboxylic acids is 2. The molecule has 3 aromatic carbocycles. The number of benzene rings is 3. The molecule has 0 aliphatic carbocycles. The average Bonchev–Trinajstić information content (AvgIpc) is 2.89.